The first kappa shape index (κ1) is 12.6. The Morgan fingerprint density at radius 3 is 2.94 bits per heavy atom. The molecule has 0 saturated carbocycles. The third-order valence-corrected chi connectivity index (χ3v) is 2.40. The minimum absolute atomic E-state index is 0.388. The van der Waals surface area contributed by atoms with Crippen molar-refractivity contribution in [1.82, 2.24) is 5.32 Å². The van der Waals surface area contributed by atoms with Crippen LogP contribution in [0.2, 0.25) is 5.02 Å². The van der Waals surface area contributed by atoms with Gasteiger partial charge in [0.25, 0.3) is 0 Å². The van der Waals surface area contributed by atoms with Crippen LogP contribution >= 0.6 is 11.6 Å². The van der Waals surface area contributed by atoms with Gasteiger partial charge in [0.2, 0.25) is 0 Å². The molecule has 1 aromatic rings. The van der Waals surface area contributed by atoms with E-state index in [1.807, 2.05) is 6.07 Å². The van der Waals surface area contributed by atoms with E-state index in [0.717, 1.165) is 5.56 Å². The van der Waals surface area contributed by atoms with Gasteiger partial charge in [0.05, 0.1) is 18.2 Å². The highest BCUT2D eigenvalue weighted by molar-refractivity contribution is 6.32. The van der Waals surface area contributed by atoms with Crippen molar-refractivity contribution in [2.24, 2.45) is 0 Å². The SMILES string of the molecule is C=CCNC(C#N)c1ccc(OC)c(Cl)c1. The van der Waals surface area contributed by atoms with Crippen LogP contribution in [0.4, 0.5) is 0 Å². The van der Waals surface area contributed by atoms with Crippen molar-refractivity contribution in [2.75, 3.05) is 13.7 Å². The summed E-state index contributed by atoms with van der Waals surface area (Å²) in [5.74, 6) is 0.603. The zero-order valence-electron chi connectivity index (χ0n) is 9.03. The number of hydrogen-bond acceptors (Lipinski definition) is 3. The summed E-state index contributed by atoms with van der Waals surface area (Å²) >= 11 is 5.98. The predicted molar refractivity (Wildman–Crippen MR) is 64.6 cm³/mol. The molecule has 0 heterocycles. The molecule has 4 heteroatoms. The third-order valence-electron chi connectivity index (χ3n) is 2.10. The first-order valence-corrected chi connectivity index (χ1v) is 5.18. The number of methoxy groups -OCH3 is 1. The van der Waals surface area contributed by atoms with Crippen LogP contribution in [-0.4, -0.2) is 13.7 Å². The molecule has 1 N–H and O–H groups in total. The van der Waals surface area contributed by atoms with E-state index in [0.29, 0.717) is 17.3 Å². The minimum atomic E-state index is -0.388. The highest BCUT2D eigenvalue weighted by Gasteiger charge is 2.11. The van der Waals surface area contributed by atoms with Crippen molar-refractivity contribution in [2.45, 2.75) is 6.04 Å². The number of nitrogens with zero attached hydrogens (tertiary/aromatic N) is 1. The van der Waals surface area contributed by atoms with Gasteiger partial charge in [0.15, 0.2) is 0 Å². The molecule has 84 valence electrons. The number of ether oxygens (including phenoxy) is 1. The molecular formula is C12H13ClN2O. The van der Waals surface area contributed by atoms with E-state index in [2.05, 4.69) is 18.0 Å². The predicted octanol–water partition coefficient (Wildman–Crippen LogP) is 2.69. The van der Waals surface area contributed by atoms with E-state index >= 15 is 0 Å². The van der Waals surface area contributed by atoms with Crippen LogP contribution in [0.1, 0.15) is 11.6 Å². The van der Waals surface area contributed by atoms with Gasteiger partial charge in [0.1, 0.15) is 11.8 Å². The summed E-state index contributed by atoms with van der Waals surface area (Å²) in [4.78, 5) is 0. The Hall–Kier alpha value is -1.50. The molecule has 1 aromatic carbocycles. The second-order valence-corrected chi connectivity index (χ2v) is 3.56. The maximum absolute atomic E-state index is 9.00. The Morgan fingerprint density at radius 1 is 1.69 bits per heavy atom. The van der Waals surface area contributed by atoms with Gasteiger partial charge in [-0.1, -0.05) is 23.7 Å². The van der Waals surface area contributed by atoms with Crippen LogP contribution in [0.25, 0.3) is 0 Å². The van der Waals surface area contributed by atoms with Gasteiger partial charge < -0.3 is 4.74 Å². The molecule has 0 fully saturated rings. The van der Waals surface area contributed by atoms with E-state index in [-0.39, 0.29) is 6.04 Å². The van der Waals surface area contributed by atoms with E-state index in [1.54, 1.807) is 25.3 Å². The minimum Gasteiger partial charge on any atom is -0.495 e. The molecule has 1 atom stereocenters. The van der Waals surface area contributed by atoms with Crippen molar-refractivity contribution in [3.63, 3.8) is 0 Å². The normalized spacial score (nSPS) is 11.6. The molecular weight excluding hydrogens is 224 g/mol. The van der Waals surface area contributed by atoms with Crippen molar-refractivity contribution < 1.29 is 4.74 Å². The number of benzene rings is 1. The molecule has 16 heavy (non-hydrogen) atoms. The number of halogens is 1. The highest BCUT2D eigenvalue weighted by Crippen LogP contribution is 2.27. The molecule has 0 aliphatic rings. The van der Waals surface area contributed by atoms with Crippen molar-refractivity contribution in [3.8, 4) is 11.8 Å². The first-order chi connectivity index (χ1) is 7.72. The van der Waals surface area contributed by atoms with Gasteiger partial charge >= 0.3 is 0 Å². The lowest BCUT2D eigenvalue weighted by molar-refractivity contribution is 0.414. The van der Waals surface area contributed by atoms with Crippen molar-refractivity contribution >= 4 is 11.6 Å². The molecule has 0 aliphatic carbocycles. The highest BCUT2D eigenvalue weighted by atomic mass is 35.5. The number of nitrogens with one attached hydrogen (secondary N) is 1. The lowest BCUT2D eigenvalue weighted by Crippen LogP contribution is -2.19. The Balaban J connectivity index is 2.90. The Morgan fingerprint density at radius 2 is 2.44 bits per heavy atom. The van der Waals surface area contributed by atoms with Crippen LogP contribution in [0.15, 0.2) is 30.9 Å². The summed E-state index contributed by atoms with van der Waals surface area (Å²) in [5.41, 5.74) is 0.815. The number of nitriles is 1. The molecule has 0 radical (unpaired) electrons. The van der Waals surface area contributed by atoms with Gasteiger partial charge in [-0.15, -0.1) is 6.58 Å². The Kier molecular flexibility index (Phi) is 4.84. The fraction of sp³-hybridized carbons (Fsp3) is 0.250. The summed E-state index contributed by atoms with van der Waals surface area (Å²) in [6.07, 6.45) is 1.70. The average Bonchev–Trinajstić information content (AvgIpc) is 2.30. The molecule has 0 aliphatic heterocycles. The second-order valence-electron chi connectivity index (χ2n) is 3.15. The van der Waals surface area contributed by atoms with Crippen LogP contribution in [0, 0.1) is 11.3 Å². The van der Waals surface area contributed by atoms with Gasteiger partial charge in [-0.05, 0) is 17.7 Å². The standard InChI is InChI=1S/C12H13ClN2O/c1-3-6-15-11(8-14)9-4-5-12(16-2)10(13)7-9/h3-5,7,11,15H,1,6H2,2H3. The lowest BCUT2D eigenvalue weighted by atomic mass is 10.1. The van der Waals surface area contributed by atoms with E-state index in [9.17, 15) is 0 Å². The fourth-order valence-corrected chi connectivity index (χ4v) is 1.57. The van der Waals surface area contributed by atoms with Gasteiger partial charge in [0, 0.05) is 6.54 Å². The van der Waals surface area contributed by atoms with Crippen LogP contribution in [-0.2, 0) is 0 Å². The molecule has 3 nitrogen and oxygen atoms in total. The van der Waals surface area contributed by atoms with E-state index in [4.69, 9.17) is 21.6 Å². The molecule has 0 amide bonds. The van der Waals surface area contributed by atoms with Crippen LogP contribution < -0.4 is 10.1 Å². The number of hydrogen-bond donors (Lipinski definition) is 1. The molecule has 0 bridgehead atoms. The Labute approximate surface area is 100 Å². The van der Waals surface area contributed by atoms with Crippen LogP contribution in [0.5, 0.6) is 5.75 Å². The first-order valence-electron chi connectivity index (χ1n) is 4.80. The zero-order valence-corrected chi connectivity index (χ0v) is 9.79. The van der Waals surface area contributed by atoms with Gasteiger partial charge in [-0.3, -0.25) is 5.32 Å². The third kappa shape index (κ3) is 2.99. The largest absolute Gasteiger partial charge is 0.495 e. The quantitative estimate of drug-likeness (QED) is 0.800. The molecule has 1 rings (SSSR count). The maximum Gasteiger partial charge on any atom is 0.137 e. The topological polar surface area (TPSA) is 45.0 Å². The molecule has 0 saturated heterocycles. The van der Waals surface area contributed by atoms with Gasteiger partial charge in [-0.2, -0.15) is 5.26 Å². The Bertz CT molecular complexity index is 412. The van der Waals surface area contributed by atoms with Crippen molar-refractivity contribution in [1.29, 1.82) is 5.26 Å². The van der Waals surface area contributed by atoms with Gasteiger partial charge in [-0.25, -0.2) is 0 Å². The second kappa shape index (κ2) is 6.16. The van der Waals surface area contributed by atoms with E-state index in [1.165, 1.54) is 0 Å². The molecule has 0 spiro atoms. The molecule has 1 unspecified atom stereocenters. The lowest BCUT2D eigenvalue weighted by Gasteiger charge is -2.11. The van der Waals surface area contributed by atoms with E-state index < -0.39 is 0 Å². The zero-order chi connectivity index (χ0) is 12.0. The summed E-state index contributed by atoms with van der Waals surface area (Å²) in [6.45, 7) is 4.16. The average molecular weight is 237 g/mol. The molecule has 0 aromatic heterocycles. The maximum atomic E-state index is 9.00. The monoisotopic (exact) mass is 236 g/mol. The smallest absolute Gasteiger partial charge is 0.137 e. The summed E-state index contributed by atoms with van der Waals surface area (Å²) in [6, 6.07) is 7.06. The summed E-state index contributed by atoms with van der Waals surface area (Å²) < 4.78 is 5.04. The number of rotatable bonds is 5. The summed E-state index contributed by atoms with van der Waals surface area (Å²) in [7, 11) is 1.55. The summed E-state index contributed by atoms with van der Waals surface area (Å²) in [5, 5.41) is 12.5. The van der Waals surface area contributed by atoms with Crippen LogP contribution in [0.3, 0.4) is 0 Å². The van der Waals surface area contributed by atoms with Crippen molar-refractivity contribution in [3.05, 3.63) is 41.4 Å². The fourth-order valence-electron chi connectivity index (χ4n) is 1.30.